The number of alkyl halides is 3. The van der Waals surface area contributed by atoms with E-state index in [0.29, 0.717) is 5.13 Å². The molecule has 3 nitrogen and oxygen atoms in total. The lowest BCUT2D eigenvalue weighted by atomic mass is 10.3. The summed E-state index contributed by atoms with van der Waals surface area (Å²) in [6, 6.07) is 0.140. The molecule has 1 aromatic rings. The molecule has 0 aliphatic carbocycles. The van der Waals surface area contributed by atoms with Crippen molar-refractivity contribution in [1.29, 1.82) is 0 Å². The predicted molar refractivity (Wildman–Crippen MR) is 63.4 cm³/mol. The zero-order valence-electron chi connectivity index (χ0n) is 10.2. The van der Waals surface area contributed by atoms with Gasteiger partial charge in [0.15, 0.2) is 10.8 Å². The largest absolute Gasteiger partial charge is 0.434 e. The summed E-state index contributed by atoms with van der Waals surface area (Å²) in [5, 5.41) is 3.35. The molecule has 1 rings (SSSR count). The minimum Gasteiger partial charge on any atom is -0.354 e. The van der Waals surface area contributed by atoms with Gasteiger partial charge in [-0.3, -0.25) is 0 Å². The number of halogens is 3. The van der Waals surface area contributed by atoms with Crippen molar-refractivity contribution in [3.63, 3.8) is 0 Å². The average Bonchev–Trinajstić information content (AvgIpc) is 2.57. The molecule has 0 aliphatic heterocycles. The summed E-state index contributed by atoms with van der Waals surface area (Å²) >= 11 is 1.07. The number of hydrogen-bond donors (Lipinski definition) is 1. The Morgan fingerprint density at radius 2 is 1.94 bits per heavy atom. The van der Waals surface area contributed by atoms with Gasteiger partial charge in [0.2, 0.25) is 0 Å². The van der Waals surface area contributed by atoms with Crippen LogP contribution in [0.1, 0.15) is 24.4 Å². The van der Waals surface area contributed by atoms with E-state index >= 15 is 0 Å². The van der Waals surface area contributed by atoms with Gasteiger partial charge in [-0.2, -0.15) is 13.2 Å². The van der Waals surface area contributed by atoms with Crippen molar-refractivity contribution in [3.8, 4) is 0 Å². The fourth-order valence-electron chi connectivity index (χ4n) is 1.17. The number of nitrogens with zero attached hydrogens (tertiary/aromatic N) is 2. The van der Waals surface area contributed by atoms with Crippen molar-refractivity contribution in [1.82, 2.24) is 10.3 Å². The molecule has 0 atom stereocenters. The average molecular weight is 267 g/mol. The number of anilines is 1. The minimum atomic E-state index is -4.39. The third-order valence-electron chi connectivity index (χ3n) is 2.01. The van der Waals surface area contributed by atoms with Crippen LogP contribution in [-0.4, -0.2) is 25.1 Å². The van der Waals surface area contributed by atoms with Crippen LogP contribution in [0.2, 0.25) is 0 Å². The van der Waals surface area contributed by atoms with Crippen LogP contribution in [0.3, 0.4) is 0 Å². The Hall–Kier alpha value is -0.820. The van der Waals surface area contributed by atoms with Crippen LogP contribution >= 0.6 is 11.3 Å². The van der Waals surface area contributed by atoms with Crippen LogP contribution < -0.4 is 10.2 Å². The van der Waals surface area contributed by atoms with Crippen molar-refractivity contribution < 1.29 is 13.2 Å². The second-order valence-corrected chi connectivity index (χ2v) is 5.26. The molecule has 0 aliphatic rings. The first-order valence-electron chi connectivity index (χ1n) is 5.19. The summed E-state index contributed by atoms with van der Waals surface area (Å²) < 4.78 is 38.2. The van der Waals surface area contributed by atoms with Gasteiger partial charge in [0.25, 0.3) is 0 Å². The molecule has 17 heavy (non-hydrogen) atoms. The van der Waals surface area contributed by atoms with E-state index in [-0.39, 0.29) is 17.5 Å². The molecule has 0 spiro atoms. The van der Waals surface area contributed by atoms with Gasteiger partial charge in [0, 0.05) is 26.7 Å². The summed E-state index contributed by atoms with van der Waals surface area (Å²) in [5.74, 6) is 0. The fourth-order valence-corrected chi connectivity index (χ4v) is 2.12. The van der Waals surface area contributed by atoms with E-state index in [9.17, 15) is 13.2 Å². The zero-order valence-corrected chi connectivity index (χ0v) is 11.0. The maximum Gasteiger partial charge on any atom is 0.434 e. The molecule has 0 aromatic carbocycles. The van der Waals surface area contributed by atoms with Crippen LogP contribution in [0.5, 0.6) is 0 Å². The van der Waals surface area contributed by atoms with Gasteiger partial charge in [0.1, 0.15) is 0 Å². The Labute approximate surface area is 103 Å². The van der Waals surface area contributed by atoms with Gasteiger partial charge in [0.05, 0.1) is 4.88 Å². The Morgan fingerprint density at radius 1 is 1.35 bits per heavy atom. The Morgan fingerprint density at radius 3 is 2.35 bits per heavy atom. The van der Waals surface area contributed by atoms with E-state index in [2.05, 4.69) is 10.3 Å². The molecule has 1 N–H and O–H groups in total. The fraction of sp³-hybridized carbons (Fsp3) is 0.700. The van der Waals surface area contributed by atoms with Gasteiger partial charge in [-0.15, -0.1) is 0 Å². The molecule has 0 bridgehead atoms. The molecule has 98 valence electrons. The predicted octanol–water partition coefficient (Wildman–Crippen LogP) is 2.73. The molecule has 0 saturated carbocycles. The van der Waals surface area contributed by atoms with E-state index in [4.69, 9.17) is 0 Å². The van der Waals surface area contributed by atoms with Crippen molar-refractivity contribution in [2.75, 3.05) is 19.0 Å². The van der Waals surface area contributed by atoms with Gasteiger partial charge < -0.3 is 10.2 Å². The van der Waals surface area contributed by atoms with Crippen molar-refractivity contribution in [3.05, 3.63) is 10.6 Å². The number of aromatic nitrogens is 1. The summed E-state index contributed by atoms with van der Waals surface area (Å²) in [7, 11) is 3.36. The number of thiazole rings is 1. The maximum atomic E-state index is 12.7. The quantitative estimate of drug-likeness (QED) is 0.909. The van der Waals surface area contributed by atoms with Crippen molar-refractivity contribution in [2.24, 2.45) is 0 Å². The lowest BCUT2D eigenvalue weighted by molar-refractivity contribution is -0.141. The highest BCUT2D eigenvalue weighted by Gasteiger charge is 2.37. The molecule has 0 fully saturated rings. The van der Waals surface area contributed by atoms with E-state index < -0.39 is 11.9 Å². The number of hydrogen-bond acceptors (Lipinski definition) is 4. The molecular weight excluding hydrogens is 251 g/mol. The van der Waals surface area contributed by atoms with Gasteiger partial charge in [-0.05, 0) is 0 Å². The Kier molecular flexibility index (Phi) is 4.37. The first-order chi connectivity index (χ1) is 7.71. The monoisotopic (exact) mass is 267 g/mol. The number of rotatable bonds is 4. The first kappa shape index (κ1) is 14.2. The van der Waals surface area contributed by atoms with Gasteiger partial charge >= 0.3 is 6.18 Å². The van der Waals surface area contributed by atoms with Crippen molar-refractivity contribution in [2.45, 2.75) is 32.6 Å². The summed E-state index contributed by atoms with van der Waals surface area (Å²) in [6.07, 6.45) is -4.39. The third-order valence-corrected chi connectivity index (χ3v) is 3.23. The van der Waals surface area contributed by atoms with E-state index in [0.717, 1.165) is 11.3 Å². The van der Waals surface area contributed by atoms with Gasteiger partial charge in [-0.25, -0.2) is 4.98 Å². The van der Waals surface area contributed by atoms with Gasteiger partial charge in [-0.1, -0.05) is 25.2 Å². The van der Waals surface area contributed by atoms with Crippen LogP contribution in [0.4, 0.5) is 18.3 Å². The van der Waals surface area contributed by atoms with Crippen LogP contribution in [-0.2, 0) is 12.7 Å². The lowest BCUT2D eigenvalue weighted by Gasteiger charge is -2.09. The molecule has 0 amide bonds. The van der Waals surface area contributed by atoms with Crippen molar-refractivity contribution >= 4 is 16.5 Å². The summed E-state index contributed by atoms with van der Waals surface area (Å²) in [4.78, 5) is 5.45. The van der Waals surface area contributed by atoms with E-state index in [1.165, 1.54) is 0 Å². The molecule has 1 heterocycles. The molecule has 0 unspecified atom stereocenters. The highest BCUT2D eigenvalue weighted by atomic mass is 32.1. The second-order valence-electron chi connectivity index (χ2n) is 4.20. The minimum absolute atomic E-state index is 0.140. The Balaban J connectivity index is 3.00. The third kappa shape index (κ3) is 3.85. The lowest BCUT2D eigenvalue weighted by Crippen LogP contribution is -2.23. The standard InChI is InChI=1S/C10H16F3N3S/c1-6(2)14-5-7-8(10(11,12)13)15-9(17-7)16(3)4/h6,14H,5H2,1-4H3. The summed E-state index contributed by atoms with van der Waals surface area (Å²) in [6.45, 7) is 3.97. The second kappa shape index (κ2) is 5.22. The molecular formula is C10H16F3N3S. The maximum absolute atomic E-state index is 12.7. The molecule has 7 heteroatoms. The van der Waals surface area contributed by atoms with Crippen LogP contribution in [0.25, 0.3) is 0 Å². The first-order valence-corrected chi connectivity index (χ1v) is 6.01. The normalized spacial score (nSPS) is 12.2. The highest BCUT2D eigenvalue weighted by molar-refractivity contribution is 7.15. The van der Waals surface area contributed by atoms with Crippen LogP contribution in [0, 0.1) is 0 Å². The highest BCUT2D eigenvalue weighted by Crippen LogP contribution is 2.36. The molecule has 1 aromatic heterocycles. The summed E-state index contributed by atoms with van der Waals surface area (Å²) in [5.41, 5.74) is -0.778. The molecule has 0 saturated heterocycles. The topological polar surface area (TPSA) is 28.2 Å². The molecule has 0 radical (unpaired) electrons. The SMILES string of the molecule is CC(C)NCc1sc(N(C)C)nc1C(F)(F)F. The smallest absolute Gasteiger partial charge is 0.354 e. The van der Waals surface area contributed by atoms with E-state index in [1.807, 2.05) is 13.8 Å². The Bertz CT molecular complexity index is 371. The number of nitrogens with one attached hydrogen (secondary N) is 1. The van der Waals surface area contributed by atoms with Crippen LogP contribution in [0.15, 0.2) is 0 Å². The zero-order chi connectivity index (χ0) is 13.2. The van der Waals surface area contributed by atoms with E-state index in [1.54, 1.807) is 19.0 Å².